The average molecular weight is 538 g/mol. The van der Waals surface area contributed by atoms with Crippen LogP contribution in [-0.2, 0) is 5.41 Å². The number of nitrogens with one attached hydrogen (secondary N) is 1. The van der Waals surface area contributed by atoms with Gasteiger partial charge in [-0.1, -0.05) is 64.3 Å². The fourth-order valence-electron chi connectivity index (χ4n) is 10.6. The van der Waals surface area contributed by atoms with E-state index >= 15 is 0 Å². The van der Waals surface area contributed by atoms with E-state index in [1.807, 2.05) is 13.0 Å². The molecule has 4 aliphatic carbocycles. The largest absolute Gasteiger partial charge is 0.504 e. The molecule has 3 fully saturated rings. The van der Waals surface area contributed by atoms with Crippen LogP contribution in [0.15, 0.2) is 42.1 Å². The van der Waals surface area contributed by atoms with Crippen molar-refractivity contribution in [2.45, 2.75) is 105 Å². The minimum absolute atomic E-state index is 0.0167. The number of phenolic OH excluding ortho intramolecular Hbond substituents is 2. The highest BCUT2D eigenvalue weighted by Crippen LogP contribution is 2.74. The number of fused-ring (bicyclic) bond motifs is 8. The van der Waals surface area contributed by atoms with Crippen molar-refractivity contribution in [2.75, 3.05) is 0 Å². The van der Waals surface area contributed by atoms with Crippen LogP contribution in [0.3, 0.4) is 0 Å². The molecule has 0 spiro atoms. The zero-order valence-corrected chi connectivity index (χ0v) is 25.5. The second-order valence-electron chi connectivity index (χ2n) is 15.3. The lowest BCUT2D eigenvalue weighted by Gasteiger charge is -2.69. The third-order valence-electron chi connectivity index (χ3n) is 13.3. The Morgan fingerprint density at radius 2 is 1.70 bits per heavy atom. The van der Waals surface area contributed by atoms with Crippen LogP contribution in [0.25, 0.3) is 10.9 Å². The van der Waals surface area contributed by atoms with Crippen molar-refractivity contribution < 1.29 is 10.2 Å². The number of hydrogen-bond donors (Lipinski definition) is 3. The van der Waals surface area contributed by atoms with Crippen molar-refractivity contribution >= 4 is 10.9 Å². The molecule has 0 bridgehead atoms. The summed E-state index contributed by atoms with van der Waals surface area (Å²) in [6.07, 6.45) is 13.7. The van der Waals surface area contributed by atoms with Gasteiger partial charge in [-0.05, 0) is 121 Å². The number of phenols is 2. The fourth-order valence-corrected chi connectivity index (χ4v) is 10.6. The highest BCUT2D eigenvalue weighted by atomic mass is 16.3. The van der Waals surface area contributed by atoms with Crippen LogP contribution in [-0.4, -0.2) is 15.2 Å². The first kappa shape index (κ1) is 26.2. The van der Waals surface area contributed by atoms with Crippen LogP contribution in [0.4, 0.5) is 0 Å². The minimum Gasteiger partial charge on any atom is -0.504 e. The summed E-state index contributed by atoms with van der Waals surface area (Å²) in [4.78, 5) is 3.55. The van der Waals surface area contributed by atoms with Gasteiger partial charge in [0.25, 0.3) is 0 Å². The normalized spacial score (nSPS) is 38.7. The minimum atomic E-state index is -0.161. The molecule has 7 atom stereocenters. The molecule has 0 radical (unpaired) electrons. The van der Waals surface area contributed by atoms with Crippen molar-refractivity contribution in [2.24, 2.45) is 28.1 Å². The van der Waals surface area contributed by atoms with Gasteiger partial charge in [0.15, 0.2) is 11.5 Å². The van der Waals surface area contributed by atoms with Gasteiger partial charge in [0, 0.05) is 28.4 Å². The maximum absolute atomic E-state index is 11.0. The molecule has 0 aliphatic heterocycles. The maximum atomic E-state index is 11.0. The molecule has 212 valence electrons. The van der Waals surface area contributed by atoms with E-state index in [0.29, 0.717) is 5.41 Å². The molecule has 3 aromatic rings. The monoisotopic (exact) mass is 537 g/mol. The quantitative estimate of drug-likeness (QED) is 0.214. The van der Waals surface area contributed by atoms with Crippen LogP contribution in [0.1, 0.15) is 113 Å². The van der Waals surface area contributed by atoms with Crippen LogP contribution >= 0.6 is 0 Å². The number of aromatic amines is 1. The van der Waals surface area contributed by atoms with Crippen molar-refractivity contribution in [3.05, 3.63) is 69.9 Å². The van der Waals surface area contributed by atoms with Crippen molar-refractivity contribution in [3.63, 3.8) is 0 Å². The first-order chi connectivity index (χ1) is 18.8. The smallest absolute Gasteiger partial charge is 0.160 e. The molecular formula is C37H47NO2. The summed E-state index contributed by atoms with van der Waals surface area (Å²) in [5.74, 6) is 1.60. The Kier molecular flexibility index (Phi) is 5.38. The highest BCUT2D eigenvalue weighted by Gasteiger charge is 2.65. The number of aromatic nitrogens is 1. The van der Waals surface area contributed by atoms with Gasteiger partial charge < -0.3 is 15.2 Å². The van der Waals surface area contributed by atoms with Gasteiger partial charge in [-0.3, -0.25) is 0 Å². The molecule has 3 N–H and O–H groups in total. The molecule has 3 heteroatoms. The molecule has 0 amide bonds. The Morgan fingerprint density at radius 3 is 2.48 bits per heavy atom. The van der Waals surface area contributed by atoms with Crippen LogP contribution in [0.5, 0.6) is 11.5 Å². The fraction of sp³-hybridized carbons (Fsp3) is 0.568. The van der Waals surface area contributed by atoms with Gasteiger partial charge >= 0.3 is 0 Å². The second kappa shape index (κ2) is 8.20. The molecular weight excluding hydrogens is 490 g/mol. The summed E-state index contributed by atoms with van der Waals surface area (Å²) >= 11 is 0. The number of H-pyrrole nitrogens is 1. The molecule has 2 aromatic carbocycles. The number of hydrogen-bond acceptors (Lipinski definition) is 2. The molecule has 2 unspecified atom stereocenters. The molecule has 1 heterocycles. The highest BCUT2D eigenvalue weighted by molar-refractivity contribution is 5.86. The van der Waals surface area contributed by atoms with E-state index < -0.39 is 0 Å². The van der Waals surface area contributed by atoms with Crippen molar-refractivity contribution in [1.29, 1.82) is 0 Å². The lowest BCUT2D eigenvalue weighted by molar-refractivity contribution is -0.145. The predicted molar refractivity (Wildman–Crippen MR) is 164 cm³/mol. The summed E-state index contributed by atoms with van der Waals surface area (Å²) < 4.78 is 0. The van der Waals surface area contributed by atoms with E-state index in [1.54, 1.807) is 5.57 Å². The molecule has 3 nitrogen and oxygen atoms in total. The number of allylic oxidation sites excluding steroid dienone is 2. The number of benzene rings is 2. The first-order valence-corrected chi connectivity index (χ1v) is 15.7. The van der Waals surface area contributed by atoms with Gasteiger partial charge in [-0.15, -0.1) is 0 Å². The van der Waals surface area contributed by atoms with Crippen LogP contribution in [0, 0.1) is 41.9 Å². The van der Waals surface area contributed by atoms with E-state index in [1.165, 1.54) is 66.2 Å². The lowest BCUT2D eigenvalue weighted by atomic mass is 9.35. The first-order valence-electron chi connectivity index (χ1n) is 15.7. The summed E-state index contributed by atoms with van der Waals surface area (Å²) in [7, 11) is 0. The van der Waals surface area contributed by atoms with Gasteiger partial charge in [0.2, 0.25) is 0 Å². The van der Waals surface area contributed by atoms with Gasteiger partial charge in [-0.25, -0.2) is 0 Å². The molecule has 7 rings (SSSR count). The predicted octanol–water partition coefficient (Wildman–Crippen LogP) is 9.57. The van der Waals surface area contributed by atoms with E-state index in [4.69, 9.17) is 0 Å². The van der Waals surface area contributed by atoms with Crippen molar-refractivity contribution in [1.82, 2.24) is 4.98 Å². The summed E-state index contributed by atoms with van der Waals surface area (Å²) in [5, 5.41) is 23.2. The molecule has 0 saturated heterocycles. The number of aryl methyl sites for hydroxylation is 1. The average Bonchev–Trinajstić information content (AvgIpc) is 3.33. The number of rotatable bonds is 1. The standard InChI is InChI=1S/C37H47NO2/c1-21-8-9-28-24(16-21)26(20-38-28)25-18-31-35(5,27-19-29(39)33(40)23(3)32(25)27)13-15-36(6)30-17-22(2)10-11-34(30,4)12-14-37(31,36)7/h8-9,16,18-20,22,25,30,38-40H,10-15,17H2,1-7H3/t22-,25?,30+,34+,35-,36-,37?/m0/s1. The SMILES string of the molecule is Cc1ccc2[nH]cc(C3C=C4C5(C)CC[C@@]6(C)CC[C@H](C)C[C@H]6[C@]5(C)CC[C@@]4(C)c4cc(O)c(O)c(C)c43)c2c1. The Bertz CT molecular complexity index is 1580. The van der Waals surface area contributed by atoms with Crippen LogP contribution in [0.2, 0.25) is 0 Å². The Balaban J connectivity index is 1.49. The number of aromatic hydroxyl groups is 2. The van der Waals surface area contributed by atoms with Crippen molar-refractivity contribution in [3.8, 4) is 11.5 Å². The van der Waals surface area contributed by atoms with Crippen LogP contribution < -0.4 is 0 Å². The Morgan fingerprint density at radius 1 is 0.925 bits per heavy atom. The van der Waals surface area contributed by atoms with E-state index in [-0.39, 0.29) is 33.7 Å². The summed E-state index contributed by atoms with van der Waals surface area (Å²) in [6, 6.07) is 8.56. The molecule has 1 aromatic heterocycles. The maximum Gasteiger partial charge on any atom is 0.160 e. The molecule has 3 saturated carbocycles. The van der Waals surface area contributed by atoms with Gasteiger partial charge in [-0.2, -0.15) is 0 Å². The van der Waals surface area contributed by atoms with E-state index in [2.05, 4.69) is 77.0 Å². The van der Waals surface area contributed by atoms with E-state index in [0.717, 1.165) is 29.3 Å². The summed E-state index contributed by atoms with van der Waals surface area (Å²) in [5.41, 5.74) is 9.08. The third kappa shape index (κ3) is 3.18. The zero-order chi connectivity index (χ0) is 28.4. The topological polar surface area (TPSA) is 56.2 Å². The van der Waals surface area contributed by atoms with Gasteiger partial charge in [0.1, 0.15) is 0 Å². The third-order valence-corrected chi connectivity index (χ3v) is 13.3. The second-order valence-corrected chi connectivity index (χ2v) is 15.3. The molecule has 4 aliphatic rings. The summed E-state index contributed by atoms with van der Waals surface area (Å²) in [6.45, 7) is 16.9. The molecule has 40 heavy (non-hydrogen) atoms. The Labute approximate surface area is 240 Å². The van der Waals surface area contributed by atoms with E-state index in [9.17, 15) is 10.2 Å². The zero-order valence-electron chi connectivity index (χ0n) is 25.5. The Hall–Kier alpha value is -2.68. The lowest BCUT2D eigenvalue weighted by Crippen LogP contribution is -2.61. The van der Waals surface area contributed by atoms with Gasteiger partial charge in [0.05, 0.1) is 0 Å².